The number of nitrogens with zero attached hydrogens (tertiary/aromatic N) is 4. The number of hydrogen-bond acceptors (Lipinski definition) is 5. The van der Waals surface area contributed by atoms with E-state index in [0.29, 0.717) is 34.2 Å². The first kappa shape index (κ1) is 22.6. The predicted octanol–water partition coefficient (Wildman–Crippen LogP) is 4.00. The Bertz CT molecular complexity index is 1230. The van der Waals surface area contributed by atoms with Gasteiger partial charge in [0.15, 0.2) is 0 Å². The number of pyridine rings is 1. The van der Waals surface area contributed by atoms with Crippen molar-refractivity contribution < 1.29 is 18.0 Å². The van der Waals surface area contributed by atoms with E-state index in [1.807, 2.05) is 0 Å². The highest BCUT2D eigenvalue weighted by Crippen LogP contribution is 2.75. The first-order valence-corrected chi connectivity index (χ1v) is 12.3. The van der Waals surface area contributed by atoms with Crippen molar-refractivity contribution in [2.45, 2.75) is 62.8 Å². The van der Waals surface area contributed by atoms with Gasteiger partial charge in [-0.25, -0.2) is 0 Å². The highest BCUT2D eigenvalue weighted by molar-refractivity contribution is 5.97. The molecule has 6 nitrogen and oxygen atoms in total. The van der Waals surface area contributed by atoms with Crippen LogP contribution in [0.2, 0.25) is 0 Å². The van der Waals surface area contributed by atoms with Crippen molar-refractivity contribution in [3.8, 4) is 6.07 Å². The van der Waals surface area contributed by atoms with E-state index in [1.165, 1.54) is 6.42 Å². The molecule has 4 heterocycles. The molecule has 6 rings (SSSR count). The number of nitriles is 1. The molecular formula is C26H28F3N5O. The number of anilines is 1. The second-order valence-electron chi connectivity index (χ2n) is 10.9. The van der Waals surface area contributed by atoms with Crippen molar-refractivity contribution in [3.05, 3.63) is 36.0 Å². The number of hydrogen-bond donors (Lipinski definition) is 1. The maximum absolute atomic E-state index is 14.5. The van der Waals surface area contributed by atoms with Gasteiger partial charge in [-0.1, -0.05) is 6.42 Å². The van der Waals surface area contributed by atoms with Crippen LogP contribution in [0.5, 0.6) is 0 Å². The van der Waals surface area contributed by atoms with Gasteiger partial charge in [0.05, 0.1) is 16.5 Å². The fraction of sp³-hybridized carbons (Fsp3) is 0.577. The topological polar surface area (TPSA) is 72.3 Å². The fourth-order valence-electron chi connectivity index (χ4n) is 7.17. The number of nitrogens with one attached hydrogen (secondary N) is 1. The summed E-state index contributed by atoms with van der Waals surface area (Å²) in [6.07, 6.45) is 1.82. The van der Waals surface area contributed by atoms with Crippen molar-refractivity contribution in [3.63, 3.8) is 0 Å². The molecule has 184 valence electrons. The van der Waals surface area contributed by atoms with Crippen LogP contribution in [0, 0.1) is 22.2 Å². The van der Waals surface area contributed by atoms with E-state index in [4.69, 9.17) is 0 Å². The summed E-state index contributed by atoms with van der Waals surface area (Å²) in [5.41, 5.74) is -2.10. The van der Waals surface area contributed by atoms with Crippen molar-refractivity contribution in [1.82, 2.24) is 15.2 Å². The third-order valence-electron chi connectivity index (χ3n) is 9.18. The zero-order chi connectivity index (χ0) is 24.6. The average Bonchev–Trinajstić information content (AvgIpc) is 3.36. The minimum Gasteiger partial charge on any atom is -0.369 e. The molecule has 35 heavy (non-hydrogen) atoms. The monoisotopic (exact) mass is 483 g/mol. The Morgan fingerprint density at radius 1 is 1.20 bits per heavy atom. The van der Waals surface area contributed by atoms with Crippen molar-refractivity contribution >= 4 is 22.5 Å². The SMILES string of the molecule is CN1[C@@H]2CCC[C@H]1C[C@@H](NC(=O)C13CN(c4ccc(C#N)c5ncccc45)CC1(C(F)(F)F)C3)C2. The van der Waals surface area contributed by atoms with Gasteiger partial charge in [0.25, 0.3) is 0 Å². The minimum atomic E-state index is -4.48. The van der Waals surface area contributed by atoms with Gasteiger partial charge in [0.2, 0.25) is 5.91 Å². The van der Waals surface area contributed by atoms with Gasteiger partial charge in [-0.15, -0.1) is 0 Å². The Hall–Kier alpha value is -2.86. The molecule has 2 bridgehead atoms. The molecule has 0 spiro atoms. The van der Waals surface area contributed by atoms with Crippen LogP contribution < -0.4 is 10.2 Å². The maximum Gasteiger partial charge on any atom is 0.397 e. The molecule has 4 fully saturated rings. The molecule has 0 radical (unpaired) electrons. The quantitative estimate of drug-likeness (QED) is 0.715. The normalized spacial score (nSPS) is 34.4. The van der Waals surface area contributed by atoms with Crippen LogP contribution in [-0.2, 0) is 4.79 Å². The van der Waals surface area contributed by atoms with Crippen molar-refractivity contribution in [1.29, 1.82) is 5.26 Å². The molecule has 1 amide bonds. The highest BCUT2D eigenvalue weighted by atomic mass is 19.4. The van der Waals surface area contributed by atoms with E-state index in [9.17, 15) is 23.2 Å². The van der Waals surface area contributed by atoms with Gasteiger partial charge < -0.3 is 15.1 Å². The number of carbonyl (C=O) groups is 1. The molecule has 9 heteroatoms. The highest BCUT2D eigenvalue weighted by Gasteiger charge is 2.86. The van der Waals surface area contributed by atoms with Gasteiger partial charge in [-0.2, -0.15) is 18.4 Å². The smallest absolute Gasteiger partial charge is 0.369 e. The Morgan fingerprint density at radius 3 is 2.63 bits per heavy atom. The molecule has 3 saturated heterocycles. The lowest BCUT2D eigenvalue weighted by atomic mass is 9.82. The van der Waals surface area contributed by atoms with E-state index in [-0.39, 0.29) is 25.6 Å². The first-order valence-electron chi connectivity index (χ1n) is 12.3. The summed E-state index contributed by atoms with van der Waals surface area (Å²) in [4.78, 5) is 21.9. The molecule has 2 unspecified atom stereocenters. The van der Waals surface area contributed by atoms with E-state index < -0.39 is 22.9 Å². The van der Waals surface area contributed by atoms with Gasteiger partial charge in [0.1, 0.15) is 11.5 Å². The Morgan fingerprint density at radius 2 is 1.94 bits per heavy atom. The zero-order valence-corrected chi connectivity index (χ0v) is 19.6. The molecule has 4 aliphatic rings. The largest absolute Gasteiger partial charge is 0.397 e. The number of halogens is 3. The number of carbonyl (C=O) groups excluding carboxylic acids is 1. The van der Waals surface area contributed by atoms with Crippen LogP contribution in [0.1, 0.15) is 44.1 Å². The van der Waals surface area contributed by atoms with Crippen LogP contribution in [0.15, 0.2) is 30.5 Å². The van der Waals surface area contributed by atoms with E-state index in [1.54, 1.807) is 35.4 Å². The molecule has 1 saturated carbocycles. The molecule has 1 aromatic heterocycles. The van der Waals surface area contributed by atoms with Crippen molar-refractivity contribution in [2.75, 3.05) is 25.0 Å². The summed E-state index contributed by atoms with van der Waals surface area (Å²) in [6, 6.07) is 9.55. The summed E-state index contributed by atoms with van der Waals surface area (Å²) in [5.74, 6) is -0.457. The Kier molecular flexibility index (Phi) is 4.89. The van der Waals surface area contributed by atoms with Crippen LogP contribution in [0.3, 0.4) is 0 Å². The Balaban J connectivity index is 1.30. The summed E-state index contributed by atoms with van der Waals surface area (Å²) < 4.78 is 43.4. The summed E-state index contributed by atoms with van der Waals surface area (Å²) in [5, 5.41) is 13.1. The molecular weight excluding hydrogens is 455 g/mol. The number of piperidine rings is 3. The van der Waals surface area contributed by atoms with Gasteiger partial charge in [-0.3, -0.25) is 9.78 Å². The van der Waals surface area contributed by atoms with E-state index in [0.717, 1.165) is 25.7 Å². The third-order valence-corrected chi connectivity index (χ3v) is 9.18. The minimum absolute atomic E-state index is 0.00766. The standard InChI is InChI=1S/C26H28F3N5O/c1-33-18-4-2-5-19(33)11-17(10-18)32-23(35)24-13-25(24,26(27,28)29)15-34(14-24)21-8-7-16(12-30)22-20(21)6-3-9-31-22/h3,6-9,17-19H,2,4-5,10-11,13-15H2,1H3,(H,32,35)/t17-,18+,19-,24?,25?. The number of fused-ring (bicyclic) bond motifs is 4. The van der Waals surface area contributed by atoms with Gasteiger partial charge >= 0.3 is 6.18 Å². The number of amides is 1. The number of rotatable bonds is 3. The fourth-order valence-corrected chi connectivity index (χ4v) is 7.17. The summed E-state index contributed by atoms with van der Waals surface area (Å²) in [7, 11) is 2.12. The van der Waals surface area contributed by atoms with Crippen molar-refractivity contribution in [2.24, 2.45) is 10.8 Å². The number of aromatic nitrogens is 1. The summed E-state index contributed by atoms with van der Waals surface area (Å²) in [6.45, 7) is -0.258. The molecule has 1 N–H and O–H groups in total. The van der Waals surface area contributed by atoms with Crippen LogP contribution in [0.4, 0.5) is 18.9 Å². The average molecular weight is 484 g/mol. The second kappa shape index (κ2) is 7.57. The van der Waals surface area contributed by atoms with E-state index >= 15 is 0 Å². The molecule has 1 aromatic carbocycles. The van der Waals surface area contributed by atoms with Crippen LogP contribution >= 0.6 is 0 Å². The summed E-state index contributed by atoms with van der Waals surface area (Å²) >= 11 is 0. The Labute approximate surface area is 202 Å². The molecule has 5 atom stereocenters. The maximum atomic E-state index is 14.5. The van der Waals surface area contributed by atoms with Crippen LogP contribution in [0.25, 0.3) is 10.9 Å². The lowest BCUT2D eigenvalue weighted by molar-refractivity contribution is -0.191. The number of benzene rings is 1. The van der Waals surface area contributed by atoms with Gasteiger partial charge in [-0.05, 0) is 63.4 Å². The number of alkyl halides is 3. The predicted molar refractivity (Wildman–Crippen MR) is 125 cm³/mol. The van der Waals surface area contributed by atoms with Gasteiger partial charge in [0, 0.05) is 48.5 Å². The second-order valence-corrected chi connectivity index (χ2v) is 10.9. The lowest BCUT2D eigenvalue weighted by Gasteiger charge is -2.47. The first-order chi connectivity index (χ1) is 16.7. The molecule has 3 aliphatic heterocycles. The van der Waals surface area contributed by atoms with Crippen LogP contribution in [-0.4, -0.2) is 60.2 Å². The molecule has 2 aromatic rings. The third kappa shape index (κ3) is 3.18. The zero-order valence-electron chi connectivity index (χ0n) is 19.6. The van der Waals surface area contributed by atoms with E-state index in [2.05, 4.69) is 28.3 Å². The lowest BCUT2D eigenvalue weighted by Crippen LogP contribution is -2.56. The molecule has 1 aliphatic carbocycles.